The molecule has 0 saturated carbocycles. The summed E-state index contributed by atoms with van der Waals surface area (Å²) < 4.78 is 6.81. The van der Waals surface area contributed by atoms with Crippen LogP contribution in [0.4, 0.5) is 5.69 Å². The van der Waals surface area contributed by atoms with E-state index in [0.29, 0.717) is 0 Å². The van der Waals surface area contributed by atoms with Crippen LogP contribution in [0.1, 0.15) is 17.5 Å². The molecule has 2 aliphatic heterocycles. The average Bonchev–Trinajstić information content (AvgIpc) is 3.33. The number of nitrogens with one attached hydrogen (secondary N) is 2. The van der Waals surface area contributed by atoms with E-state index in [9.17, 15) is 0 Å². The third-order valence-corrected chi connectivity index (χ3v) is 6.26. The number of likely N-dealkylation sites (N-methyl/N-ethyl adjacent to an activating group) is 2. The second kappa shape index (κ2) is 6.54. The van der Waals surface area contributed by atoms with Gasteiger partial charge in [0.2, 0.25) is 0 Å². The van der Waals surface area contributed by atoms with Crippen LogP contribution in [-0.4, -0.2) is 55.2 Å². The maximum absolute atomic E-state index is 6.81. The minimum atomic E-state index is -0.334. The number of fused-ring (bicyclic) bond motifs is 4. The summed E-state index contributed by atoms with van der Waals surface area (Å²) in [6.07, 6.45) is 4.31. The largest absolute Gasteiger partial charge is 0.479 e. The number of hydrogen-bond acceptors (Lipinski definition) is 4. The minimum absolute atomic E-state index is 0.167. The SMILES string of the molecule is CN(C)CCc1c[nH]c2ccc(OC34CCN(C)C3Nc3ccccc34)cc12. The highest BCUT2D eigenvalue weighted by Gasteiger charge is 2.55. The van der Waals surface area contributed by atoms with Gasteiger partial charge in [0.1, 0.15) is 11.9 Å². The molecule has 5 nitrogen and oxygen atoms in total. The van der Waals surface area contributed by atoms with Crippen molar-refractivity contribution < 1.29 is 4.74 Å². The van der Waals surface area contributed by atoms with Crippen LogP contribution >= 0.6 is 0 Å². The van der Waals surface area contributed by atoms with Crippen LogP contribution in [0, 0.1) is 0 Å². The van der Waals surface area contributed by atoms with Crippen molar-refractivity contribution >= 4 is 16.6 Å². The summed E-state index contributed by atoms with van der Waals surface area (Å²) in [5.41, 5.74) is 4.64. The second-order valence-corrected chi connectivity index (χ2v) is 8.39. The van der Waals surface area contributed by atoms with Gasteiger partial charge in [-0.25, -0.2) is 0 Å². The van der Waals surface area contributed by atoms with Crippen LogP contribution in [0.25, 0.3) is 10.9 Å². The molecule has 0 amide bonds. The molecule has 146 valence electrons. The summed E-state index contributed by atoms with van der Waals surface area (Å²) in [6, 6.07) is 15.0. The van der Waals surface area contributed by atoms with Gasteiger partial charge < -0.3 is 19.9 Å². The van der Waals surface area contributed by atoms with E-state index in [0.717, 1.165) is 31.7 Å². The first-order valence-electron chi connectivity index (χ1n) is 10.1. The molecule has 28 heavy (non-hydrogen) atoms. The number of H-pyrrole nitrogens is 1. The molecule has 2 N–H and O–H groups in total. The van der Waals surface area contributed by atoms with Crippen molar-refractivity contribution in [3.63, 3.8) is 0 Å². The first kappa shape index (κ1) is 17.6. The summed E-state index contributed by atoms with van der Waals surface area (Å²) in [6.45, 7) is 2.05. The normalized spacial score (nSPS) is 23.8. The molecule has 0 radical (unpaired) electrons. The molecule has 0 aliphatic carbocycles. The van der Waals surface area contributed by atoms with E-state index in [1.54, 1.807) is 0 Å². The maximum Gasteiger partial charge on any atom is 0.171 e. The quantitative estimate of drug-likeness (QED) is 0.714. The van der Waals surface area contributed by atoms with Gasteiger partial charge in [-0.15, -0.1) is 0 Å². The predicted octanol–water partition coefficient (Wildman–Crippen LogP) is 3.63. The number of nitrogens with zero attached hydrogens (tertiary/aromatic N) is 2. The zero-order chi connectivity index (χ0) is 19.3. The Bertz CT molecular complexity index is 1010. The monoisotopic (exact) mass is 376 g/mol. The summed E-state index contributed by atoms with van der Waals surface area (Å²) in [7, 11) is 6.40. The Kier molecular flexibility index (Phi) is 4.11. The van der Waals surface area contributed by atoms with Crippen LogP contribution in [0.5, 0.6) is 5.75 Å². The predicted molar refractivity (Wildman–Crippen MR) is 114 cm³/mol. The molecular weight excluding hydrogens is 348 g/mol. The van der Waals surface area contributed by atoms with E-state index < -0.39 is 0 Å². The van der Waals surface area contributed by atoms with Gasteiger partial charge in [-0.3, -0.25) is 4.90 Å². The van der Waals surface area contributed by atoms with E-state index in [1.807, 2.05) is 0 Å². The Labute approximate surface area is 166 Å². The van der Waals surface area contributed by atoms with Gasteiger partial charge in [0, 0.05) is 47.9 Å². The Morgan fingerprint density at radius 2 is 2.07 bits per heavy atom. The summed E-state index contributed by atoms with van der Waals surface area (Å²) in [5, 5.41) is 4.93. The van der Waals surface area contributed by atoms with Crippen molar-refractivity contribution in [2.45, 2.75) is 24.6 Å². The Hall–Kier alpha value is -2.50. The smallest absolute Gasteiger partial charge is 0.171 e. The number of rotatable bonds is 5. The molecule has 0 spiro atoms. The molecule has 2 aliphatic rings. The van der Waals surface area contributed by atoms with Crippen LogP contribution < -0.4 is 10.1 Å². The van der Waals surface area contributed by atoms with Crippen molar-refractivity contribution in [1.29, 1.82) is 0 Å². The molecule has 5 heteroatoms. The molecule has 1 fully saturated rings. The molecule has 3 heterocycles. The number of aromatic amines is 1. The number of ether oxygens (including phenoxy) is 1. The van der Waals surface area contributed by atoms with Gasteiger partial charge in [-0.05, 0) is 57.4 Å². The lowest BCUT2D eigenvalue weighted by Gasteiger charge is -2.32. The Balaban J connectivity index is 1.51. The van der Waals surface area contributed by atoms with Crippen molar-refractivity contribution in [2.24, 2.45) is 0 Å². The first-order chi connectivity index (χ1) is 13.6. The highest BCUT2D eigenvalue weighted by atomic mass is 16.5. The zero-order valence-electron chi connectivity index (χ0n) is 16.8. The van der Waals surface area contributed by atoms with Crippen molar-refractivity contribution in [2.75, 3.05) is 39.5 Å². The van der Waals surface area contributed by atoms with E-state index in [-0.39, 0.29) is 11.8 Å². The molecule has 1 saturated heterocycles. The molecule has 1 aromatic heterocycles. The molecule has 2 unspecified atom stereocenters. The van der Waals surface area contributed by atoms with Crippen molar-refractivity contribution in [3.8, 4) is 5.75 Å². The van der Waals surface area contributed by atoms with Crippen molar-refractivity contribution in [3.05, 3.63) is 59.8 Å². The standard InChI is InChI=1S/C23H28N4O/c1-26(2)12-10-16-15-24-20-9-8-17(14-18(16)20)28-23-11-13-27(3)22(23)25-21-7-5-4-6-19(21)23/h4-9,14-15,22,24-25H,10-13H2,1-3H3. The lowest BCUT2D eigenvalue weighted by atomic mass is 9.92. The van der Waals surface area contributed by atoms with Gasteiger partial charge in [0.15, 0.2) is 5.60 Å². The highest BCUT2D eigenvalue weighted by Crippen LogP contribution is 2.49. The van der Waals surface area contributed by atoms with Crippen LogP contribution in [0.15, 0.2) is 48.7 Å². The fraction of sp³-hybridized carbons (Fsp3) is 0.391. The van der Waals surface area contributed by atoms with Crippen LogP contribution in [-0.2, 0) is 12.0 Å². The highest BCUT2D eigenvalue weighted by molar-refractivity contribution is 5.84. The number of hydrogen-bond donors (Lipinski definition) is 2. The molecule has 0 bridgehead atoms. The number of likely N-dealkylation sites (tertiary alicyclic amines) is 1. The van der Waals surface area contributed by atoms with Gasteiger partial charge in [0.25, 0.3) is 0 Å². The van der Waals surface area contributed by atoms with E-state index in [2.05, 4.69) is 89.9 Å². The topological polar surface area (TPSA) is 43.5 Å². The molecule has 2 atom stereocenters. The molecular formula is C23H28N4O. The Morgan fingerprint density at radius 1 is 1.21 bits per heavy atom. The fourth-order valence-corrected chi connectivity index (χ4v) is 4.74. The molecule has 5 rings (SSSR count). The van der Waals surface area contributed by atoms with Gasteiger partial charge in [-0.2, -0.15) is 0 Å². The van der Waals surface area contributed by atoms with Gasteiger partial charge >= 0.3 is 0 Å². The minimum Gasteiger partial charge on any atom is -0.479 e. The van der Waals surface area contributed by atoms with Crippen LogP contribution in [0.2, 0.25) is 0 Å². The third-order valence-electron chi connectivity index (χ3n) is 6.26. The molecule has 2 aromatic carbocycles. The van der Waals surface area contributed by atoms with Crippen LogP contribution in [0.3, 0.4) is 0 Å². The van der Waals surface area contributed by atoms with Gasteiger partial charge in [0.05, 0.1) is 0 Å². The summed E-state index contributed by atoms with van der Waals surface area (Å²) in [5.74, 6) is 0.942. The average molecular weight is 377 g/mol. The van der Waals surface area contributed by atoms with E-state index in [4.69, 9.17) is 4.74 Å². The summed E-state index contributed by atoms with van der Waals surface area (Å²) in [4.78, 5) is 7.98. The zero-order valence-corrected chi connectivity index (χ0v) is 16.8. The second-order valence-electron chi connectivity index (χ2n) is 8.39. The number of para-hydroxylation sites is 1. The van der Waals surface area contributed by atoms with Crippen molar-refractivity contribution in [1.82, 2.24) is 14.8 Å². The number of aromatic nitrogens is 1. The maximum atomic E-state index is 6.81. The first-order valence-corrected chi connectivity index (χ1v) is 10.1. The summed E-state index contributed by atoms with van der Waals surface area (Å²) >= 11 is 0. The molecule has 3 aromatic rings. The fourth-order valence-electron chi connectivity index (χ4n) is 4.74. The third kappa shape index (κ3) is 2.69. The lowest BCUT2D eigenvalue weighted by molar-refractivity contribution is 0.0516. The van der Waals surface area contributed by atoms with E-state index >= 15 is 0 Å². The van der Waals surface area contributed by atoms with E-state index in [1.165, 1.54) is 27.7 Å². The number of anilines is 1. The lowest BCUT2D eigenvalue weighted by Crippen LogP contribution is -2.45. The number of benzene rings is 2. The van der Waals surface area contributed by atoms with Gasteiger partial charge in [-0.1, -0.05) is 18.2 Å². The Morgan fingerprint density at radius 3 is 2.93 bits per heavy atom.